The first-order valence-electron chi connectivity index (χ1n) is 7.48. The molecule has 1 saturated heterocycles. The zero-order valence-electron chi connectivity index (χ0n) is 12.2. The molecule has 1 fully saturated rings. The molecule has 106 valence electrons. The van der Waals surface area contributed by atoms with Crippen molar-refractivity contribution in [3.63, 3.8) is 0 Å². The Hall–Kier alpha value is -1.61. The number of hydrogen-bond donors (Lipinski definition) is 0. The Morgan fingerprint density at radius 3 is 2.80 bits per heavy atom. The lowest BCUT2D eigenvalue weighted by molar-refractivity contribution is 0.236. The number of likely N-dealkylation sites (tertiary alicyclic amines) is 1. The second-order valence-corrected chi connectivity index (χ2v) is 5.92. The third-order valence-corrected chi connectivity index (χ3v) is 4.05. The topological polar surface area (TPSA) is 29.3 Å². The highest BCUT2D eigenvalue weighted by Gasteiger charge is 2.28. The molecule has 0 radical (unpaired) electrons. The van der Waals surface area contributed by atoms with E-state index in [-0.39, 0.29) is 0 Å². The van der Waals surface area contributed by atoms with Crippen LogP contribution < -0.4 is 0 Å². The van der Waals surface area contributed by atoms with Gasteiger partial charge in [-0.2, -0.15) is 0 Å². The van der Waals surface area contributed by atoms with Crippen LogP contribution in [-0.2, 0) is 6.54 Å². The highest BCUT2D eigenvalue weighted by molar-refractivity contribution is 5.17. The monoisotopic (exact) mass is 270 g/mol. The summed E-state index contributed by atoms with van der Waals surface area (Å²) in [6.45, 7) is 6.42. The third kappa shape index (κ3) is 2.78. The molecule has 1 aromatic heterocycles. The van der Waals surface area contributed by atoms with Crippen molar-refractivity contribution in [3.05, 3.63) is 53.4 Å². The van der Waals surface area contributed by atoms with Gasteiger partial charge < -0.3 is 4.52 Å². The maximum atomic E-state index is 5.46. The van der Waals surface area contributed by atoms with Crippen molar-refractivity contribution in [3.8, 4) is 0 Å². The first kappa shape index (κ1) is 13.4. The van der Waals surface area contributed by atoms with E-state index < -0.39 is 0 Å². The Balaban J connectivity index is 1.74. The van der Waals surface area contributed by atoms with E-state index in [2.05, 4.69) is 60.3 Å². The molecule has 1 unspecified atom stereocenters. The van der Waals surface area contributed by atoms with Crippen LogP contribution in [0.1, 0.15) is 55.7 Å². The SMILES string of the molecule is CC(C)c1cc(C2CCCN2Cc2ccccc2)no1. The van der Waals surface area contributed by atoms with Crippen molar-refractivity contribution >= 4 is 0 Å². The van der Waals surface area contributed by atoms with Gasteiger partial charge in [-0.15, -0.1) is 0 Å². The highest BCUT2D eigenvalue weighted by Crippen LogP contribution is 2.33. The minimum absolute atomic E-state index is 0.403. The van der Waals surface area contributed by atoms with Gasteiger partial charge in [-0.25, -0.2) is 0 Å². The smallest absolute Gasteiger partial charge is 0.139 e. The molecule has 0 amide bonds. The number of rotatable bonds is 4. The van der Waals surface area contributed by atoms with Gasteiger partial charge in [0.1, 0.15) is 11.5 Å². The second-order valence-electron chi connectivity index (χ2n) is 5.92. The zero-order valence-corrected chi connectivity index (χ0v) is 12.2. The summed E-state index contributed by atoms with van der Waals surface area (Å²) in [4.78, 5) is 2.51. The molecular weight excluding hydrogens is 248 g/mol. The molecule has 2 heterocycles. The Kier molecular flexibility index (Phi) is 3.88. The maximum Gasteiger partial charge on any atom is 0.139 e. The number of nitrogens with zero attached hydrogens (tertiary/aromatic N) is 2. The van der Waals surface area contributed by atoms with E-state index in [9.17, 15) is 0 Å². The van der Waals surface area contributed by atoms with E-state index in [4.69, 9.17) is 4.52 Å². The van der Waals surface area contributed by atoms with E-state index in [1.807, 2.05) is 0 Å². The largest absolute Gasteiger partial charge is 0.361 e. The number of hydrogen-bond acceptors (Lipinski definition) is 3. The predicted octanol–water partition coefficient (Wildman–Crippen LogP) is 4.14. The first-order chi connectivity index (χ1) is 9.74. The molecule has 20 heavy (non-hydrogen) atoms. The van der Waals surface area contributed by atoms with Gasteiger partial charge in [0.25, 0.3) is 0 Å². The number of benzene rings is 1. The van der Waals surface area contributed by atoms with Gasteiger partial charge in [0, 0.05) is 18.5 Å². The fourth-order valence-corrected chi connectivity index (χ4v) is 2.90. The number of aromatic nitrogens is 1. The third-order valence-electron chi connectivity index (χ3n) is 4.05. The van der Waals surface area contributed by atoms with Crippen molar-refractivity contribution in [1.82, 2.24) is 10.1 Å². The molecule has 1 aliphatic rings. The fourth-order valence-electron chi connectivity index (χ4n) is 2.90. The Morgan fingerprint density at radius 1 is 1.30 bits per heavy atom. The van der Waals surface area contributed by atoms with Crippen molar-refractivity contribution in [2.24, 2.45) is 0 Å². The normalized spacial score (nSPS) is 19.9. The van der Waals surface area contributed by atoms with E-state index in [0.717, 1.165) is 24.5 Å². The highest BCUT2D eigenvalue weighted by atomic mass is 16.5. The van der Waals surface area contributed by atoms with Gasteiger partial charge in [0.2, 0.25) is 0 Å². The van der Waals surface area contributed by atoms with Gasteiger partial charge in [-0.3, -0.25) is 4.90 Å². The van der Waals surface area contributed by atoms with Gasteiger partial charge in [0.15, 0.2) is 0 Å². The minimum Gasteiger partial charge on any atom is -0.361 e. The van der Waals surface area contributed by atoms with Crippen LogP contribution in [0, 0.1) is 0 Å². The summed E-state index contributed by atoms with van der Waals surface area (Å²) < 4.78 is 5.46. The van der Waals surface area contributed by atoms with E-state index in [1.165, 1.54) is 18.4 Å². The maximum absolute atomic E-state index is 5.46. The molecule has 0 bridgehead atoms. The molecule has 0 N–H and O–H groups in total. The Bertz CT molecular complexity index is 547. The average Bonchev–Trinajstić information content (AvgIpc) is 3.08. The summed E-state index contributed by atoms with van der Waals surface area (Å²) in [6, 6.07) is 13.2. The van der Waals surface area contributed by atoms with Crippen molar-refractivity contribution in [1.29, 1.82) is 0 Å². The van der Waals surface area contributed by atoms with Crippen LogP contribution in [0.2, 0.25) is 0 Å². The molecule has 1 aromatic carbocycles. The molecule has 3 nitrogen and oxygen atoms in total. The average molecular weight is 270 g/mol. The predicted molar refractivity (Wildman–Crippen MR) is 79.4 cm³/mol. The van der Waals surface area contributed by atoms with E-state index in [1.54, 1.807) is 0 Å². The van der Waals surface area contributed by atoms with E-state index in [0.29, 0.717) is 12.0 Å². The van der Waals surface area contributed by atoms with Crippen LogP contribution in [0.15, 0.2) is 40.9 Å². The van der Waals surface area contributed by atoms with Crippen LogP contribution >= 0.6 is 0 Å². The first-order valence-corrected chi connectivity index (χ1v) is 7.48. The summed E-state index contributed by atoms with van der Waals surface area (Å²) in [5, 5.41) is 4.29. The van der Waals surface area contributed by atoms with Gasteiger partial charge in [0.05, 0.1) is 6.04 Å². The fraction of sp³-hybridized carbons (Fsp3) is 0.471. The van der Waals surface area contributed by atoms with Crippen LogP contribution in [-0.4, -0.2) is 16.6 Å². The van der Waals surface area contributed by atoms with Crippen LogP contribution in [0.25, 0.3) is 0 Å². The minimum atomic E-state index is 0.403. The molecule has 3 rings (SSSR count). The molecule has 0 spiro atoms. The van der Waals surface area contributed by atoms with Crippen molar-refractivity contribution in [2.75, 3.05) is 6.54 Å². The molecule has 0 saturated carbocycles. The van der Waals surface area contributed by atoms with Crippen LogP contribution in [0.3, 0.4) is 0 Å². The van der Waals surface area contributed by atoms with Gasteiger partial charge >= 0.3 is 0 Å². The summed E-state index contributed by atoms with van der Waals surface area (Å²) in [5.74, 6) is 1.40. The molecule has 0 aliphatic carbocycles. The summed E-state index contributed by atoms with van der Waals surface area (Å²) >= 11 is 0. The molecule has 3 heteroatoms. The summed E-state index contributed by atoms with van der Waals surface area (Å²) in [5.41, 5.74) is 2.47. The lowest BCUT2D eigenvalue weighted by Crippen LogP contribution is -2.22. The van der Waals surface area contributed by atoms with Crippen molar-refractivity contribution in [2.45, 2.75) is 45.2 Å². The summed E-state index contributed by atoms with van der Waals surface area (Å²) in [6.07, 6.45) is 2.41. The molecule has 1 atom stereocenters. The molecule has 2 aromatic rings. The van der Waals surface area contributed by atoms with Crippen LogP contribution in [0.4, 0.5) is 0 Å². The summed E-state index contributed by atoms with van der Waals surface area (Å²) in [7, 11) is 0. The Morgan fingerprint density at radius 2 is 2.10 bits per heavy atom. The lowest BCUT2D eigenvalue weighted by atomic mass is 10.1. The van der Waals surface area contributed by atoms with Crippen molar-refractivity contribution < 1.29 is 4.52 Å². The molecular formula is C17H22N2O. The quantitative estimate of drug-likeness (QED) is 0.836. The lowest BCUT2D eigenvalue weighted by Gasteiger charge is -2.22. The Labute approximate surface area is 120 Å². The standard InChI is InChI=1S/C17H22N2O/c1-13(2)17-11-15(18-20-17)16-9-6-10-19(16)12-14-7-4-3-5-8-14/h3-5,7-8,11,13,16H,6,9-10,12H2,1-2H3. The van der Waals surface area contributed by atoms with Gasteiger partial charge in [-0.05, 0) is 24.9 Å². The second kappa shape index (κ2) is 5.80. The van der Waals surface area contributed by atoms with E-state index >= 15 is 0 Å². The molecule has 1 aliphatic heterocycles. The van der Waals surface area contributed by atoms with Gasteiger partial charge in [-0.1, -0.05) is 49.3 Å². The zero-order chi connectivity index (χ0) is 13.9. The van der Waals surface area contributed by atoms with Crippen LogP contribution in [0.5, 0.6) is 0 Å².